The first kappa shape index (κ1) is 21.5. The molecule has 156 valence electrons. The Morgan fingerprint density at radius 1 is 1.20 bits per heavy atom. The molecule has 11 heteroatoms. The number of hydrogen-bond donors (Lipinski definition) is 3. The number of amides is 1. The standard InChI is InChI=1S/C19H17Cl2N5O4/c1-19(2,10-3-5-11(20)6-4-10)26-9-13(24-25-26)12-7-14(27)16(23-17(12)21)18(30)22-8-15(28)29/h3-7,9,27H,8H2,1-2H3,(H,22,30)(H,28,29). The highest BCUT2D eigenvalue weighted by Gasteiger charge is 2.26. The van der Waals surface area contributed by atoms with Crippen LogP contribution in [0.5, 0.6) is 5.75 Å². The lowest BCUT2D eigenvalue weighted by atomic mass is 9.94. The van der Waals surface area contributed by atoms with E-state index in [0.717, 1.165) is 5.56 Å². The number of pyridine rings is 1. The number of halogens is 2. The fraction of sp³-hybridized carbons (Fsp3) is 0.211. The minimum Gasteiger partial charge on any atom is -0.505 e. The third-order valence-electron chi connectivity index (χ3n) is 4.46. The maximum Gasteiger partial charge on any atom is 0.322 e. The van der Waals surface area contributed by atoms with Gasteiger partial charge in [-0.3, -0.25) is 9.59 Å². The first-order valence-electron chi connectivity index (χ1n) is 8.68. The quantitative estimate of drug-likeness (QED) is 0.493. The number of nitrogens with zero attached hydrogens (tertiary/aromatic N) is 4. The number of carboxylic acids is 1. The Morgan fingerprint density at radius 2 is 1.87 bits per heavy atom. The summed E-state index contributed by atoms with van der Waals surface area (Å²) in [5.74, 6) is -2.56. The average molecular weight is 450 g/mol. The van der Waals surface area contributed by atoms with E-state index in [4.69, 9.17) is 28.3 Å². The van der Waals surface area contributed by atoms with Crippen LogP contribution in [-0.2, 0) is 10.3 Å². The molecule has 3 N–H and O–H groups in total. The van der Waals surface area contributed by atoms with Gasteiger partial charge in [0.05, 0.1) is 11.7 Å². The molecule has 0 unspecified atom stereocenters. The average Bonchev–Trinajstić information content (AvgIpc) is 3.18. The van der Waals surface area contributed by atoms with Crippen LogP contribution in [0.2, 0.25) is 10.2 Å². The lowest BCUT2D eigenvalue weighted by Gasteiger charge is -2.25. The number of carbonyl (C=O) groups is 2. The van der Waals surface area contributed by atoms with Crippen molar-refractivity contribution in [2.75, 3.05) is 6.54 Å². The molecule has 0 radical (unpaired) electrons. The fourth-order valence-electron chi connectivity index (χ4n) is 2.72. The zero-order chi connectivity index (χ0) is 22.1. The summed E-state index contributed by atoms with van der Waals surface area (Å²) in [6.45, 7) is 3.28. The fourth-order valence-corrected chi connectivity index (χ4v) is 3.08. The smallest absolute Gasteiger partial charge is 0.322 e. The summed E-state index contributed by atoms with van der Waals surface area (Å²) in [4.78, 5) is 26.5. The summed E-state index contributed by atoms with van der Waals surface area (Å²) >= 11 is 12.1. The van der Waals surface area contributed by atoms with Gasteiger partial charge in [0.25, 0.3) is 5.91 Å². The Balaban J connectivity index is 1.91. The maximum atomic E-state index is 12.0. The zero-order valence-electron chi connectivity index (χ0n) is 15.9. The van der Waals surface area contributed by atoms with Crippen LogP contribution < -0.4 is 5.32 Å². The Morgan fingerprint density at radius 3 is 2.50 bits per heavy atom. The molecule has 1 amide bonds. The van der Waals surface area contributed by atoms with Crippen molar-refractivity contribution in [1.29, 1.82) is 0 Å². The molecule has 0 spiro atoms. The van der Waals surface area contributed by atoms with Gasteiger partial charge in [0.1, 0.15) is 23.1 Å². The van der Waals surface area contributed by atoms with Crippen molar-refractivity contribution in [1.82, 2.24) is 25.3 Å². The molecular formula is C19H17Cl2N5O4. The van der Waals surface area contributed by atoms with Gasteiger partial charge in [-0.15, -0.1) is 5.10 Å². The van der Waals surface area contributed by atoms with Crippen LogP contribution in [0.4, 0.5) is 0 Å². The molecule has 0 fully saturated rings. The van der Waals surface area contributed by atoms with E-state index in [1.807, 2.05) is 26.0 Å². The van der Waals surface area contributed by atoms with E-state index in [0.29, 0.717) is 10.7 Å². The van der Waals surface area contributed by atoms with Crippen LogP contribution in [0.15, 0.2) is 36.5 Å². The summed E-state index contributed by atoms with van der Waals surface area (Å²) in [6.07, 6.45) is 1.64. The Kier molecular flexibility index (Phi) is 5.95. The van der Waals surface area contributed by atoms with E-state index in [9.17, 15) is 14.7 Å². The predicted molar refractivity (Wildman–Crippen MR) is 110 cm³/mol. The first-order valence-corrected chi connectivity index (χ1v) is 9.44. The van der Waals surface area contributed by atoms with Crippen LogP contribution in [0, 0.1) is 0 Å². The van der Waals surface area contributed by atoms with E-state index in [2.05, 4.69) is 20.6 Å². The van der Waals surface area contributed by atoms with Crippen LogP contribution in [0.25, 0.3) is 11.3 Å². The van der Waals surface area contributed by atoms with E-state index < -0.39 is 29.7 Å². The van der Waals surface area contributed by atoms with Gasteiger partial charge in [0, 0.05) is 10.6 Å². The largest absolute Gasteiger partial charge is 0.505 e. The van der Waals surface area contributed by atoms with Crippen molar-refractivity contribution in [3.8, 4) is 17.0 Å². The molecular weight excluding hydrogens is 433 g/mol. The predicted octanol–water partition coefficient (Wildman–Crippen LogP) is 2.95. The molecule has 2 heterocycles. The number of aromatic nitrogens is 4. The molecule has 0 atom stereocenters. The maximum absolute atomic E-state index is 12.0. The summed E-state index contributed by atoms with van der Waals surface area (Å²) in [7, 11) is 0. The van der Waals surface area contributed by atoms with E-state index in [1.165, 1.54) is 6.07 Å². The Bertz CT molecular complexity index is 1110. The van der Waals surface area contributed by atoms with E-state index in [-0.39, 0.29) is 16.4 Å². The normalized spacial score (nSPS) is 11.3. The number of aliphatic carboxylic acids is 1. The number of aromatic hydroxyl groups is 1. The van der Waals surface area contributed by atoms with E-state index in [1.54, 1.807) is 23.0 Å². The van der Waals surface area contributed by atoms with Gasteiger partial charge in [-0.05, 0) is 37.6 Å². The van der Waals surface area contributed by atoms with Crippen molar-refractivity contribution in [2.45, 2.75) is 19.4 Å². The molecule has 30 heavy (non-hydrogen) atoms. The molecule has 0 aliphatic rings. The highest BCUT2D eigenvalue weighted by molar-refractivity contribution is 6.32. The highest BCUT2D eigenvalue weighted by atomic mass is 35.5. The molecule has 3 aromatic rings. The highest BCUT2D eigenvalue weighted by Crippen LogP contribution is 2.32. The second-order valence-corrected chi connectivity index (χ2v) is 7.68. The van der Waals surface area contributed by atoms with Crippen molar-refractivity contribution in [3.63, 3.8) is 0 Å². The number of hydrogen-bond acceptors (Lipinski definition) is 6. The van der Waals surface area contributed by atoms with Crippen LogP contribution in [-0.4, -0.2) is 48.6 Å². The van der Waals surface area contributed by atoms with Crippen LogP contribution in [0.3, 0.4) is 0 Å². The van der Waals surface area contributed by atoms with Gasteiger partial charge < -0.3 is 15.5 Å². The number of carbonyl (C=O) groups excluding carboxylic acids is 1. The second kappa shape index (κ2) is 8.29. The summed E-state index contributed by atoms with van der Waals surface area (Å²) < 4.78 is 1.63. The zero-order valence-corrected chi connectivity index (χ0v) is 17.4. The number of rotatable bonds is 6. The molecule has 2 aromatic heterocycles. The minimum absolute atomic E-state index is 0.0929. The van der Waals surface area contributed by atoms with Gasteiger partial charge in [-0.25, -0.2) is 9.67 Å². The van der Waals surface area contributed by atoms with Crippen LogP contribution in [0.1, 0.15) is 29.9 Å². The molecule has 0 aliphatic carbocycles. The molecule has 0 saturated carbocycles. The summed E-state index contributed by atoms with van der Waals surface area (Å²) in [6, 6.07) is 8.56. The number of benzene rings is 1. The van der Waals surface area contributed by atoms with Crippen molar-refractivity contribution < 1.29 is 19.8 Å². The first-order chi connectivity index (χ1) is 14.1. The van der Waals surface area contributed by atoms with Gasteiger partial charge in [0.2, 0.25) is 0 Å². The van der Waals surface area contributed by atoms with Gasteiger partial charge >= 0.3 is 5.97 Å². The van der Waals surface area contributed by atoms with E-state index >= 15 is 0 Å². The van der Waals surface area contributed by atoms with Crippen molar-refractivity contribution in [2.24, 2.45) is 0 Å². The summed E-state index contributed by atoms with van der Waals surface area (Å²) in [5.41, 5.74) is 0.596. The third kappa shape index (κ3) is 4.37. The third-order valence-corrected chi connectivity index (χ3v) is 5.00. The lowest BCUT2D eigenvalue weighted by Crippen LogP contribution is -2.30. The van der Waals surface area contributed by atoms with Gasteiger partial charge in [-0.1, -0.05) is 40.5 Å². The van der Waals surface area contributed by atoms with Gasteiger partial charge in [0.15, 0.2) is 5.69 Å². The van der Waals surface area contributed by atoms with Crippen LogP contribution >= 0.6 is 23.2 Å². The molecule has 0 bridgehead atoms. The van der Waals surface area contributed by atoms with Crippen molar-refractivity contribution >= 4 is 35.1 Å². The van der Waals surface area contributed by atoms with Crippen molar-refractivity contribution in [3.05, 3.63) is 58.0 Å². The lowest BCUT2D eigenvalue weighted by molar-refractivity contribution is -0.135. The topological polar surface area (TPSA) is 130 Å². The molecule has 0 aliphatic heterocycles. The number of nitrogens with one attached hydrogen (secondary N) is 1. The molecule has 3 rings (SSSR count). The Labute approximate surface area is 181 Å². The summed E-state index contributed by atoms with van der Waals surface area (Å²) in [5, 5.41) is 29.7. The Hall–Kier alpha value is -3.17. The number of carboxylic acid groups (broad SMARTS) is 1. The molecule has 1 aromatic carbocycles. The second-order valence-electron chi connectivity index (χ2n) is 6.89. The SMILES string of the molecule is CC(C)(c1ccc(Cl)cc1)n1cc(-c2cc(O)c(C(=O)NCC(=O)O)nc2Cl)nn1. The van der Waals surface area contributed by atoms with Gasteiger partial charge in [-0.2, -0.15) is 0 Å². The minimum atomic E-state index is -1.23. The monoisotopic (exact) mass is 449 g/mol. The molecule has 0 saturated heterocycles. The molecule has 9 nitrogen and oxygen atoms in total.